The first-order valence-corrected chi connectivity index (χ1v) is 11.3. The highest BCUT2D eigenvalue weighted by Crippen LogP contribution is 2.51. The van der Waals surface area contributed by atoms with Gasteiger partial charge in [-0.15, -0.1) is 0 Å². The van der Waals surface area contributed by atoms with Gasteiger partial charge < -0.3 is 14.3 Å². The summed E-state index contributed by atoms with van der Waals surface area (Å²) in [6, 6.07) is 14.2. The molecule has 8 nitrogen and oxygen atoms in total. The molecule has 0 saturated carbocycles. The number of imide groups is 1. The van der Waals surface area contributed by atoms with Crippen LogP contribution in [0.5, 0.6) is 5.75 Å². The van der Waals surface area contributed by atoms with Crippen molar-refractivity contribution in [3.8, 4) is 5.75 Å². The van der Waals surface area contributed by atoms with Crippen LogP contribution in [-0.4, -0.2) is 35.0 Å². The van der Waals surface area contributed by atoms with Crippen molar-refractivity contribution in [1.29, 1.82) is 0 Å². The summed E-state index contributed by atoms with van der Waals surface area (Å²) >= 11 is 0. The molecular formula is C26H23FN2O6. The highest BCUT2D eigenvalue weighted by molar-refractivity contribution is 6.24. The van der Waals surface area contributed by atoms with Crippen molar-refractivity contribution >= 4 is 23.5 Å². The Labute approximate surface area is 200 Å². The maximum absolute atomic E-state index is 14.7. The average Bonchev–Trinajstić information content (AvgIpc) is 3.54. The van der Waals surface area contributed by atoms with E-state index < -0.39 is 47.0 Å². The fraction of sp³-hybridized carbons (Fsp3) is 0.269. The second-order valence-corrected chi connectivity index (χ2v) is 8.64. The molecule has 1 aromatic heterocycles. The zero-order valence-electron chi connectivity index (χ0n) is 18.8. The Hall–Kier alpha value is -3.98. The fourth-order valence-electron chi connectivity index (χ4n) is 5.20. The monoisotopic (exact) mass is 478 g/mol. The summed E-state index contributed by atoms with van der Waals surface area (Å²) in [5.74, 6) is -4.55. The number of ether oxygens (including phenoxy) is 1. The average molecular weight is 478 g/mol. The molecule has 0 radical (unpaired) electrons. The number of fused-ring (bicyclic) bond motifs is 1. The van der Waals surface area contributed by atoms with Crippen LogP contribution < -0.4 is 10.2 Å². The van der Waals surface area contributed by atoms with Gasteiger partial charge in [0.15, 0.2) is 0 Å². The van der Waals surface area contributed by atoms with Gasteiger partial charge in [-0.3, -0.25) is 19.7 Å². The lowest BCUT2D eigenvalue weighted by atomic mass is 9.76. The minimum atomic E-state index is -1.64. The van der Waals surface area contributed by atoms with Crippen LogP contribution in [0.4, 0.5) is 10.1 Å². The van der Waals surface area contributed by atoms with Gasteiger partial charge in [0.05, 0.1) is 36.4 Å². The Morgan fingerprint density at radius 2 is 1.86 bits per heavy atom. The number of hydrogen-bond acceptors (Lipinski definition) is 7. The zero-order chi connectivity index (χ0) is 24.7. The van der Waals surface area contributed by atoms with Gasteiger partial charge >= 0.3 is 5.97 Å². The predicted molar refractivity (Wildman–Crippen MR) is 122 cm³/mol. The molecule has 2 saturated heterocycles. The van der Waals surface area contributed by atoms with E-state index >= 15 is 0 Å². The number of phenols is 1. The number of amides is 2. The van der Waals surface area contributed by atoms with Gasteiger partial charge in [-0.25, -0.2) is 9.29 Å². The van der Waals surface area contributed by atoms with Crippen LogP contribution >= 0.6 is 0 Å². The summed E-state index contributed by atoms with van der Waals surface area (Å²) in [4.78, 5) is 41.9. The molecule has 0 spiro atoms. The van der Waals surface area contributed by atoms with E-state index in [1.807, 2.05) is 0 Å². The van der Waals surface area contributed by atoms with Crippen LogP contribution in [0.2, 0.25) is 0 Å². The Morgan fingerprint density at radius 3 is 2.51 bits per heavy atom. The molecule has 2 fully saturated rings. The molecule has 2 aliphatic rings. The smallest absolute Gasteiger partial charge is 0.327 e. The van der Waals surface area contributed by atoms with Gasteiger partial charge in [0.25, 0.3) is 0 Å². The summed E-state index contributed by atoms with van der Waals surface area (Å²) in [7, 11) is 0. The van der Waals surface area contributed by atoms with E-state index in [2.05, 4.69) is 5.32 Å². The first-order valence-electron chi connectivity index (χ1n) is 11.3. The van der Waals surface area contributed by atoms with Gasteiger partial charge in [-0.2, -0.15) is 0 Å². The molecule has 2 aromatic carbocycles. The summed E-state index contributed by atoms with van der Waals surface area (Å²) < 4.78 is 25.7. The number of phenolic OH excluding ortho intramolecular Hbond substituents is 1. The van der Waals surface area contributed by atoms with Crippen molar-refractivity contribution in [2.24, 2.45) is 11.8 Å². The van der Waals surface area contributed by atoms with E-state index in [-0.39, 0.29) is 24.5 Å². The normalized spacial score (nSPS) is 25.7. The van der Waals surface area contributed by atoms with Crippen LogP contribution in [0.1, 0.15) is 24.3 Å². The molecule has 2 amide bonds. The highest BCUT2D eigenvalue weighted by Gasteiger charge is 2.69. The molecular weight excluding hydrogens is 455 g/mol. The maximum Gasteiger partial charge on any atom is 0.327 e. The molecule has 35 heavy (non-hydrogen) atoms. The van der Waals surface area contributed by atoms with Gasteiger partial charge in [-0.1, -0.05) is 24.3 Å². The van der Waals surface area contributed by atoms with Gasteiger partial charge in [0, 0.05) is 6.42 Å². The molecule has 2 aliphatic heterocycles. The lowest BCUT2D eigenvalue weighted by Gasteiger charge is -2.33. The third-order valence-electron chi connectivity index (χ3n) is 6.66. The first kappa shape index (κ1) is 22.8. The third kappa shape index (κ3) is 3.59. The number of aromatic hydroxyl groups is 1. The summed E-state index contributed by atoms with van der Waals surface area (Å²) in [5.41, 5.74) is -1.17. The Kier molecular flexibility index (Phi) is 5.64. The SMILES string of the molecule is CCOC(=O)[C@]1(Cc2ccc(O)cc2)N[C@@H](c2ccco2)[C@H]2C(=O)N(c3ccccc3F)C(=O)[C@H]21. The number of hydrogen-bond donors (Lipinski definition) is 2. The Balaban J connectivity index is 1.67. The van der Waals surface area contributed by atoms with Gasteiger partial charge in [-0.05, 0) is 48.9 Å². The molecule has 3 aromatic rings. The van der Waals surface area contributed by atoms with Crippen LogP contribution in [0, 0.1) is 17.7 Å². The van der Waals surface area contributed by atoms with Crippen molar-refractivity contribution < 1.29 is 33.0 Å². The first-order chi connectivity index (χ1) is 16.9. The van der Waals surface area contributed by atoms with Crippen molar-refractivity contribution in [2.75, 3.05) is 11.5 Å². The standard InChI is InChI=1S/C26H23FN2O6/c1-2-34-25(33)26(14-15-9-11-16(30)12-10-15)21-20(22(28-26)19-8-5-13-35-19)23(31)29(24(21)32)18-7-4-3-6-17(18)27/h3-13,20-22,28,30H,2,14H2,1H3/t20-,21-,22-,26+/m0/s1. The van der Waals surface area contributed by atoms with Gasteiger partial charge in [0.2, 0.25) is 11.8 Å². The molecule has 180 valence electrons. The topological polar surface area (TPSA) is 109 Å². The second-order valence-electron chi connectivity index (χ2n) is 8.64. The predicted octanol–water partition coefficient (Wildman–Crippen LogP) is 3.12. The largest absolute Gasteiger partial charge is 0.508 e. The van der Waals surface area contributed by atoms with E-state index in [1.54, 1.807) is 31.2 Å². The number of halogens is 1. The number of furan rings is 1. The van der Waals surface area contributed by atoms with Crippen molar-refractivity contribution in [3.63, 3.8) is 0 Å². The van der Waals surface area contributed by atoms with Crippen molar-refractivity contribution in [2.45, 2.75) is 24.9 Å². The molecule has 5 rings (SSSR count). The number of esters is 1. The number of nitrogens with zero attached hydrogens (tertiary/aromatic N) is 1. The minimum absolute atomic E-state index is 0.00534. The van der Waals surface area contributed by atoms with Crippen LogP contribution in [-0.2, 0) is 25.5 Å². The minimum Gasteiger partial charge on any atom is -0.508 e. The fourth-order valence-corrected chi connectivity index (χ4v) is 5.20. The quantitative estimate of drug-likeness (QED) is 0.414. The molecule has 9 heteroatoms. The number of para-hydroxylation sites is 1. The Morgan fingerprint density at radius 1 is 1.11 bits per heavy atom. The van der Waals surface area contributed by atoms with Crippen molar-refractivity contribution in [1.82, 2.24) is 5.32 Å². The second kappa shape index (κ2) is 8.66. The zero-order valence-corrected chi connectivity index (χ0v) is 18.8. The van der Waals surface area contributed by atoms with Crippen molar-refractivity contribution in [3.05, 3.63) is 84.1 Å². The molecule has 0 unspecified atom stereocenters. The summed E-state index contributed by atoms with van der Waals surface area (Å²) in [6.45, 7) is 1.70. The highest BCUT2D eigenvalue weighted by atomic mass is 19.1. The number of rotatable bonds is 6. The number of carbonyl (C=O) groups is 3. The number of anilines is 1. The number of nitrogens with one attached hydrogen (secondary N) is 1. The number of carbonyl (C=O) groups excluding carboxylic acids is 3. The van der Waals surface area contributed by atoms with E-state index in [9.17, 15) is 23.9 Å². The lowest BCUT2D eigenvalue weighted by molar-refractivity contribution is -0.154. The lowest BCUT2D eigenvalue weighted by Crippen LogP contribution is -2.58. The molecule has 2 N–H and O–H groups in total. The molecule has 3 heterocycles. The Bertz CT molecular complexity index is 1280. The van der Waals surface area contributed by atoms with Crippen LogP contribution in [0.15, 0.2) is 71.3 Å². The van der Waals surface area contributed by atoms with Gasteiger partial charge in [0.1, 0.15) is 22.9 Å². The third-order valence-corrected chi connectivity index (χ3v) is 6.66. The molecule has 0 aliphatic carbocycles. The van der Waals surface area contributed by atoms with E-state index in [1.165, 1.54) is 42.7 Å². The maximum atomic E-state index is 14.7. The summed E-state index contributed by atoms with van der Waals surface area (Å²) in [5, 5.41) is 12.9. The molecule has 0 bridgehead atoms. The number of benzene rings is 2. The van der Waals surface area contributed by atoms with Crippen LogP contribution in [0.3, 0.4) is 0 Å². The van der Waals surface area contributed by atoms with Crippen LogP contribution in [0.25, 0.3) is 0 Å². The van der Waals surface area contributed by atoms with E-state index in [4.69, 9.17) is 9.15 Å². The summed E-state index contributed by atoms with van der Waals surface area (Å²) in [6.07, 6.45) is 1.43. The van der Waals surface area contributed by atoms with E-state index in [0.717, 1.165) is 4.90 Å². The van der Waals surface area contributed by atoms with E-state index in [0.29, 0.717) is 11.3 Å². The molecule has 4 atom stereocenters.